The molecule has 0 heterocycles. The van der Waals surface area contributed by atoms with E-state index in [0.29, 0.717) is 17.8 Å². The van der Waals surface area contributed by atoms with E-state index in [1.807, 2.05) is 49.6 Å². The highest BCUT2D eigenvalue weighted by Gasteiger charge is 2.31. The van der Waals surface area contributed by atoms with E-state index in [1.165, 1.54) is 16.1 Å². The molecular weight excluding hydrogens is 368 g/mol. The molecular formula is C19H24N2O3S2. The first-order chi connectivity index (χ1) is 12.3. The number of anilines is 2. The number of amides is 1. The fourth-order valence-electron chi connectivity index (χ4n) is 2.72. The van der Waals surface area contributed by atoms with Gasteiger partial charge in [-0.15, -0.1) is 11.8 Å². The molecule has 0 saturated carbocycles. The molecule has 0 saturated heterocycles. The first-order valence-electron chi connectivity index (χ1n) is 8.28. The summed E-state index contributed by atoms with van der Waals surface area (Å²) in [6.07, 6.45) is 3.41. The van der Waals surface area contributed by atoms with Crippen molar-refractivity contribution in [3.05, 3.63) is 54.1 Å². The highest BCUT2D eigenvalue weighted by atomic mass is 32.2. The van der Waals surface area contributed by atoms with E-state index in [4.69, 9.17) is 0 Å². The van der Waals surface area contributed by atoms with Gasteiger partial charge in [0.05, 0.1) is 17.6 Å². The van der Waals surface area contributed by atoms with Gasteiger partial charge in [0.25, 0.3) is 0 Å². The Hall–Kier alpha value is -1.99. The van der Waals surface area contributed by atoms with Crippen LogP contribution in [-0.4, -0.2) is 32.9 Å². The van der Waals surface area contributed by atoms with Crippen molar-refractivity contribution in [3.8, 4) is 0 Å². The number of benzene rings is 2. The standard InChI is InChI=1S/C19H24N2O3S2/c1-5-17(19(22)20-16-8-6-7-9-18(16)25-3)21(26(4,23)24)15-12-10-14(2)11-13-15/h6-13,17H,5H2,1-4H3,(H,20,22)/t17-/m1/s1. The van der Waals surface area contributed by atoms with Gasteiger partial charge in [0.1, 0.15) is 6.04 Å². The Labute approximate surface area is 159 Å². The molecule has 26 heavy (non-hydrogen) atoms. The number of rotatable bonds is 7. The molecule has 1 N–H and O–H groups in total. The molecule has 1 atom stereocenters. The van der Waals surface area contributed by atoms with Crippen LogP contribution >= 0.6 is 11.8 Å². The lowest BCUT2D eigenvalue weighted by atomic mass is 10.1. The molecule has 5 nitrogen and oxygen atoms in total. The first-order valence-corrected chi connectivity index (χ1v) is 11.3. The molecule has 0 aliphatic carbocycles. The molecule has 0 fully saturated rings. The zero-order chi connectivity index (χ0) is 19.3. The van der Waals surface area contributed by atoms with Gasteiger partial charge >= 0.3 is 0 Å². The smallest absolute Gasteiger partial charge is 0.248 e. The Balaban J connectivity index is 2.38. The summed E-state index contributed by atoms with van der Waals surface area (Å²) in [7, 11) is -3.63. The van der Waals surface area contributed by atoms with Crippen molar-refractivity contribution in [2.24, 2.45) is 0 Å². The molecule has 1 amide bonds. The van der Waals surface area contributed by atoms with Crippen molar-refractivity contribution in [2.45, 2.75) is 31.2 Å². The molecule has 0 bridgehead atoms. The summed E-state index contributed by atoms with van der Waals surface area (Å²) < 4.78 is 26.1. The maximum Gasteiger partial charge on any atom is 0.248 e. The van der Waals surface area contributed by atoms with Crippen LogP contribution in [0.1, 0.15) is 18.9 Å². The third kappa shape index (κ3) is 4.80. The van der Waals surface area contributed by atoms with Crippen LogP contribution in [0.2, 0.25) is 0 Å². The summed E-state index contributed by atoms with van der Waals surface area (Å²) in [5, 5.41) is 2.88. The molecule has 2 aromatic carbocycles. The van der Waals surface area contributed by atoms with E-state index < -0.39 is 16.1 Å². The third-order valence-corrected chi connectivity index (χ3v) is 5.96. The zero-order valence-electron chi connectivity index (χ0n) is 15.4. The normalized spacial score (nSPS) is 12.5. The van der Waals surface area contributed by atoms with Gasteiger partial charge in [-0.25, -0.2) is 8.42 Å². The van der Waals surface area contributed by atoms with Gasteiger partial charge in [0, 0.05) is 4.90 Å². The highest BCUT2D eigenvalue weighted by molar-refractivity contribution is 7.98. The number of nitrogens with one attached hydrogen (secondary N) is 1. The van der Waals surface area contributed by atoms with Gasteiger partial charge in [-0.1, -0.05) is 36.8 Å². The van der Waals surface area contributed by atoms with Crippen LogP contribution in [0.15, 0.2) is 53.4 Å². The Bertz CT molecular complexity index is 865. The van der Waals surface area contributed by atoms with Gasteiger partial charge in [0.15, 0.2) is 0 Å². The van der Waals surface area contributed by atoms with Crippen molar-refractivity contribution in [2.75, 3.05) is 22.1 Å². The second-order valence-electron chi connectivity index (χ2n) is 6.01. The van der Waals surface area contributed by atoms with Gasteiger partial charge in [-0.05, 0) is 43.9 Å². The number of aryl methyl sites for hydroxylation is 1. The molecule has 0 aliphatic heterocycles. The SMILES string of the molecule is CC[C@H](C(=O)Nc1ccccc1SC)N(c1ccc(C)cc1)S(C)(=O)=O. The minimum Gasteiger partial charge on any atom is -0.323 e. The fourth-order valence-corrected chi connectivity index (χ4v) is 4.48. The first kappa shape index (κ1) is 20.3. The average molecular weight is 393 g/mol. The molecule has 7 heteroatoms. The van der Waals surface area contributed by atoms with Crippen LogP contribution in [0.5, 0.6) is 0 Å². The summed E-state index contributed by atoms with van der Waals surface area (Å²) >= 11 is 1.52. The molecule has 0 aliphatic rings. The van der Waals surface area contributed by atoms with Crippen molar-refractivity contribution < 1.29 is 13.2 Å². The Morgan fingerprint density at radius 2 is 1.77 bits per heavy atom. The number of hydrogen-bond donors (Lipinski definition) is 1. The number of carbonyl (C=O) groups excluding carboxylic acids is 1. The second-order valence-corrected chi connectivity index (χ2v) is 8.72. The van der Waals surface area contributed by atoms with E-state index >= 15 is 0 Å². The minimum absolute atomic E-state index is 0.347. The van der Waals surface area contributed by atoms with Gasteiger partial charge < -0.3 is 5.32 Å². The number of carbonyl (C=O) groups is 1. The number of para-hydroxylation sites is 1. The Kier molecular flexibility index (Phi) is 6.72. The summed E-state index contributed by atoms with van der Waals surface area (Å²) in [6, 6.07) is 13.7. The number of nitrogens with zero attached hydrogens (tertiary/aromatic N) is 1. The van der Waals surface area contributed by atoms with Crippen molar-refractivity contribution >= 4 is 39.1 Å². The average Bonchev–Trinajstić information content (AvgIpc) is 2.60. The lowest BCUT2D eigenvalue weighted by Crippen LogP contribution is -2.47. The van der Waals surface area contributed by atoms with Crippen molar-refractivity contribution in [3.63, 3.8) is 0 Å². The monoisotopic (exact) mass is 392 g/mol. The molecule has 0 aromatic heterocycles. The highest BCUT2D eigenvalue weighted by Crippen LogP contribution is 2.27. The molecule has 0 radical (unpaired) electrons. The topological polar surface area (TPSA) is 66.5 Å². The lowest BCUT2D eigenvalue weighted by Gasteiger charge is -2.30. The van der Waals surface area contributed by atoms with Gasteiger partial charge in [-0.2, -0.15) is 0 Å². The van der Waals surface area contributed by atoms with Crippen LogP contribution in [-0.2, 0) is 14.8 Å². The number of sulfonamides is 1. The summed E-state index contributed by atoms with van der Waals surface area (Å²) in [6.45, 7) is 3.73. The Morgan fingerprint density at radius 3 is 2.31 bits per heavy atom. The summed E-state index contributed by atoms with van der Waals surface area (Å²) in [5.41, 5.74) is 2.19. The predicted molar refractivity (Wildman–Crippen MR) is 109 cm³/mol. The minimum atomic E-state index is -3.63. The van der Waals surface area contributed by atoms with Crippen LogP contribution in [0.3, 0.4) is 0 Å². The maximum absolute atomic E-state index is 12.9. The largest absolute Gasteiger partial charge is 0.323 e. The molecule has 0 unspecified atom stereocenters. The molecule has 140 valence electrons. The molecule has 0 spiro atoms. The van der Waals surface area contributed by atoms with Crippen LogP contribution in [0.25, 0.3) is 0 Å². The van der Waals surface area contributed by atoms with E-state index in [2.05, 4.69) is 5.32 Å². The quantitative estimate of drug-likeness (QED) is 0.726. The van der Waals surface area contributed by atoms with Crippen LogP contribution < -0.4 is 9.62 Å². The molecule has 2 aromatic rings. The van der Waals surface area contributed by atoms with Crippen LogP contribution in [0, 0.1) is 6.92 Å². The zero-order valence-corrected chi connectivity index (χ0v) is 17.0. The van der Waals surface area contributed by atoms with E-state index in [9.17, 15) is 13.2 Å². The van der Waals surface area contributed by atoms with E-state index in [-0.39, 0.29) is 5.91 Å². The number of hydrogen-bond acceptors (Lipinski definition) is 4. The fraction of sp³-hybridized carbons (Fsp3) is 0.316. The van der Waals surface area contributed by atoms with Gasteiger partial charge in [-0.3, -0.25) is 9.10 Å². The van der Waals surface area contributed by atoms with E-state index in [0.717, 1.165) is 16.7 Å². The van der Waals surface area contributed by atoms with Crippen molar-refractivity contribution in [1.82, 2.24) is 0 Å². The van der Waals surface area contributed by atoms with Gasteiger partial charge in [0.2, 0.25) is 15.9 Å². The number of thioether (sulfide) groups is 1. The lowest BCUT2D eigenvalue weighted by molar-refractivity contribution is -0.117. The van der Waals surface area contributed by atoms with E-state index in [1.54, 1.807) is 19.1 Å². The predicted octanol–water partition coefficient (Wildman–Crippen LogP) is 3.90. The Morgan fingerprint density at radius 1 is 1.15 bits per heavy atom. The summed E-state index contributed by atoms with van der Waals surface area (Å²) in [5.74, 6) is -0.347. The van der Waals surface area contributed by atoms with Crippen LogP contribution in [0.4, 0.5) is 11.4 Å². The van der Waals surface area contributed by atoms with Crippen molar-refractivity contribution in [1.29, 1.82) is 0 Å². The second kappa shape index (κ2) is 8.60. The molecule has 2 rings (SSSR count). The maximum atomic E-state index is 12.9. The third-order valence-electron chi connectivity index (χ3n) is 3.98. The summed E-state index contributed by atoms with van der Waals surface area (Å²) in [4.78, 5) is 13.8.